The van der Waals surface area contributed by atoms with Crippen LogP contribution in [0.25, 0.3) is 0 Å². The molecule has 2 aromatic rings. The molecular weight excluding hydrogens is 386 g/mol. The molecule has 11 heteroatoms. The number of aromatic hydroxyl groups is 1. The van der Waals surface area contributed by atoms with E-state index < -0.39 is 22.4 Å². The molecule has 0 saturated heterocycles. The van der Waals surface area contributed by atoms with Crippen LogP contribution in [0.1, 0.15) is 11.1 Å². The molecule has 2 rings (SSSR count). The summed E-state index contributed by atoms with van der Waals surface area (Å²) >= 11 is 11.5. The van der Waals surface area contributed by atoms with Crippen molar-refractivity contribution in [1.29, 1.82) is 0 Å². The lowest BCUT2D eigenvalue weighted by molar-refractivity contribution is -0.384. The van der Waals surface area contributed by atoms with Crippen molar-refractivity contribution in [2.75, 3.05) is 5.43 Å². The third-order valence-corrected chi connectivity index (χ3v) is 3.47. The molecule has 0 radical (unpaired) electrons. The summed E-state index contributed by atoms with van der Waals surface area (Å²) in [4.78, 5) is 9.98. The van der Waals surface area contributed by atoms with Crippen molar-refractivity contribution in [3.8, 4) is 5.75 Å². The van der Waals surface area contributed by atoms with Crippen LogP contribution in [0.15, 0.2) is 35.4 Å². The molecule has 0 unspecified atom stereocenters. The summed E-state index contributed by atoms with van der Waals surface area (Å²) in [6.07, 6.45) is -3.65. The number of rotatable bonds is 4. The fraction of sp³-hybridized carbons (Fsp3) is 0.0714. The van der Waals surface area contributed by atoms with Crippen LogP contribution in [0.3, 0.4) is 0 Å². The molecule has 6 nitrogen and oxygen atoms in total. The summed E-state index contributed by atoms with van der Waals surface area (Å²) in [7, 11) is 0. The van der Waals surface area contributed by atoms with E-state index in [1.165, 1.54) is 12.1 Å². The molecule has 2 N–H and O–H groups in total. The maximum absolute atomic E-state index is 12.6. The zero-order chi connectivity index (χ0) is 18.8. The summed E-state index contributed by atoms with van der Waals surface area (Å²) in [5.41, 5.74) is 0.135. The van der Waals surface area contributed by atoms with Crippen molar-refractivity contribution in [3.63, 3.8) is 0 Å². The Hall–Kier alpha value is -2.52. The van der Waals surface area contributed by atoms with Gasteiger partial charge in [-0.15, -0.1) is 0 Å². The molecule has 0 aliphatic rings. The van der Waals surface area contributed by atoms with Gasteiger partial charge in [-0.25, -0.2) is 0 Å². The van der Waals surface area contributed by atoms with Gasteiger partial charge in [0.25, 0.3) is 5.69 Å². The summed E-state index contributed by atoms with van der Waals surface area (Å²) < 4.78 is 37.9. The van der Waals surface area contributed by atoms with Crippen LogP contribution in [0.5, 0.6) is 5.75 Å². The number of halogens is 5. The largest absolute Gasteiger partial charge is 0.506 e. The van der Waals surface area contributed by atoms with E-state index in [1.807, 2.05) is 0 Å². The highest BCUT2D eigenvalue weighted by atomic mass is 35.5. The van der Waals surface area contributed by atoms with Crippen LogP contribution in [0, 0.1) is 10.1 Å². The first kappa shape index (κ1) is 18.8. The molecule has 0 saturated carbocycles. The second kappa shape index (κ2) is 7.16. The molecule has 2 aromatic carbocycles. The van der Waals surface area contributed by atoms with E-state index in [1.54, 1.807) is 0 Å². The number of nitro benzene ring substituents is 1. The molecule has 0 heterocycles. The lowest BCUT2D eigenvalue weighted by atomic mass is 10.1. The fourth-order valence-electron chi connectivity index (χ4n) is 1.81. The highest BCUT2D eigenvalue weighted by Crippen LogP contribution is 2.35. The van der Waals surface area contributed by atoms with Gasteiger partial charge in [0.1, 0.15) is 11.4 Å². The van der Waals surface area contributed by atoms with Gasteiger partial charge in [0.2, 0.25) is 0 Å². The predicted octanol–water partition coefficient (Wildman–Crippen LogP) is 5.07. The van der Waals surface area contributed by atoms with Crippen molar-refractivity contribution in [1.82, 2.24) is 0 Å². The van der Waals surface area contributed by atoms with Gasteiger partial charge in [-0.1, -0.05) is 23.2 Å². The number of alkyl halides is 3. The molecule has 132 valence electrons. The summed E-state index contributed by atoms with van der Waals surface area (Å²) in [5.74, 6) is -0.321. The van der Waals surface area contributed by atoms with Crippen molar-refractivity contribution in [2.45, 2.75) is 6.18 Å². The Kier molecular flexibility index (Phi) is 5.39. The minimum Gasteiger partial charge on any atom is -0.506 e. The number of phenolic OH excluding ortho intramolecular Hbond substituents is 1. The summed E-state index contributed by atoms with van der Waals surface area (Å²) in [5, 5.41) is 24.5. The van der Waals surface area contributed by atoms with Crippen LogP contribution in [-0.2, 0) is 6.18 Å². The average Bonchev–Trinajstić information content (AvgIpc) is 2.50. The topological polar surface area (TPSA) is 87.8 Å². The zero-order valence-corrected chi connectivity index (χ0v) is 13.5. The summed E-state index contributed by atoms with van der Waals surface area (Å²) in [6, 6.07) is 4.58. The van der Waals surface area contributed by atoms with Crippen molar-refractivity contribution in [2.24, 2.45) is 5.10 Å². The third-order valence-electron chi connectivity index (χ3n) is 2.97. The molecule has 0 fully saturated rings. The maximum atomic E-state index is 12.6. The molecular formula is C14H8Cl2F3N3O3. The maximum Gasteiger partial charge on any atom is 0.416 e. The lowest BCUT2D eigenvalue weighted by Crippen LogP contribution is -2.06. The van der Waals surface area contributed by atoms with E-state index >= 15 is 0 Å². The van der Waals surface area contributed by atoms with Gasteiger partial charge >= 0.3 is 6.18 Å². The van der Waals surface area contributed by atoms with E-state index in [4.69, 9.17) is 23.2 Å². The van der Waals surface area contributed by atoms with Crippen molar-refractivity contribution < 1.29 is 23.2 Å². The summed E-state index contributed by atoms with van der Waals surface area (Å²) in [6.45, 7) is 0. The van der Waals surface area contributed by atoms with Gasteiger partial charge in [0.05, 0.1) is 21.7 Å². The third kappa shape index (κ3) is 4.52. The fourth-order valence-corrected chi connectivity index (χ4v) is 2.32. The number of nitrogens with one attached hydrogen (secondary N) is 1. The van der Waals surface area contributed by atoms with Gasteiger partial charge in [-0.05, 0) is 24.3 Å². The predicted molar refractivity (Wildman–Crippen MR) is 87.4 cm³/mol. The van der Waals surface area contributed by atoms with E-state index in [0.29, 0.717) is 12.1 Å². The number of benzene rings is 2. The smallest absolute Gasteiger partial charge is 0.416 e. The van der Waals surface area contributed by atoms with E-state index in [-0.39, 0.29) is 27.0 Å². The first-order valence-corrected chi connectivity index (χ1v) is 7.18. The highest BCUT2D eigenvalue weighted by Gasteiger charge is 2.33. The number of hydrogen-bond acceptors (Lipinski definition) is 5. The van der Waals surface area contributed by atoms with Gasteiger partial charge in [0.15, 0.2) is 0 Å². The second-order valence-corrected chi connectivity index (χ2v) is 5.53. The molecule has 0 aromatic heterocycles. The Morgan fingerprint density at radius 2 is 1.92 bits per heavy atom. The molecule has 25 heavy (non-hydrogen) atoms. The van der Waals surface area contributed by atoms with Crippen LogP contribution >= 0.6 is 23.2 Å². The van der Waals surface area contributed by atoms with E-state index in [0.717, 1.165) is 12.3 Å². The molecule has 0 atom stereocenters. The zero-order valence-electron chi connectivity index (χ0n) is 12.0. The molecule has 0 aliphatic heterocycles. The number of anilines is 1. The normalized spacial score (nSPS) is 11.7. The first-order chi connectivity index (χ1) is 11.6. The van der Waals surface area contributed by atoms with Gasteiger partial charge in [-0.3, -0.25) is 15.5 Å². The van der Waals surface area contributed by atoms with E-state index in [9.17, 15) is 28.4 Å². The quantitative estimate of drug-likeness (QED) is 0.431. The van der Waals surface area contributed by atoms with E-state index in [2.05, 4.69) is 10.5 Å². The van der Waals surface area contributed by atoms with Gasteiger partial charge in [-0.2, -0.15) is 18.3 Å². The average molecular weight is 394 g/mol. The Labute approximate surface area is 148 Å². The number of hydrogen-bond donors (Lipinski definition) is 2. The molecule has 0 amide bonds. The minimum atomic E-state index is -4.71. The van der Waals surface area contributed by atoms with Crippen molar-refractivity contribution >= 4 is 40.8 Å². The molecule has 0 aliphatic carbocycles. The minimum absolute atomic E-state index is 0.0329. The number of nitrogens with zero attached hydrogens (tertiary/aromatic N) is 2. The number of phenols is 1. The van der Waals surface area contributed by atoms with Gasteiger partial charge < -0.3 is 5.11 Å². The Balaban J connectivity index is 2.30. The van der Waals surface area contributed by atoms with Crippen LogP contribution in [0.2, 0.25) is 10.0 Å². The Morgan fingerprint density at radius 3 is 2.52 bits per heavy atom. The van der Waals surface area contributed by atoms with Crippen LogP contribution < -0.4 is 5.43 Å². The molecule has 0 bridgehead atoms. The lowest BCUT2D eigenvalue weighted by Gasteiger charge is -2.08. The highest BCUT2D eigenvalue weighted by molar-refractivity contribution is 6.36. The SMILES string of the molecule is O=[N+]([O-])c1cc(C(F)(F)F)ccc1NN=Cc1cc(Cl)cc(Cl)c1O. The first-order valence-electron chi connectivity index (χ1n) is 6.42. The van der Waals surface area contributed by atoms with Crippen molar-refractivity contribution in [3.05, 3.63) is 61.6 Å². The van der Waals surface area contributed by atoms with Gasteiger partial charge in [0, 0.05) is 16.7 Å². The number of hydrazone groups is 1. The second-order valence-electron chi connectivity index (χ2n) is 4.68. The standard InChI is InChI=1S/C14H8Cl2F3N3O3/c15-9-3-7(13(23)10(16)5-9)6-20-21-11-2-1-8(14(17,18)19)4-12(11)22(24)25/h1-6,21,23H. The van der Waals surface area contributed by atoms with Crippen LogP contribution in [0.4, 0.5) is 24.5 Å². The Bertz CT molecular complexity index is 857. The number of nitro groups is 1. The molecule has 0 spiro atoms. The van der Waals surface area contributed by atoms with Crippen LogP contribution in [-0.4, -0.2) is 16.2 Å². The Morgan fingerprint density at radius 1 is 1.24 bits per heavy atom. The monoisotopic (exact) mass is 393 g/mol.